The number of phenolic OH excluding ortho intramolecular Hbond substituents is 1. The molecule has 1 fully saturated rings. The summed E-state index contributed by atoms with van der Waals surface area (Å²) in [4.78, 5) is 11.4. The molecule has 0 aromatic heterocycles. The largest absolute Gasteiger partial charge is 0.506 e. The first kappa shape index (κ1) is 21.2. The van der Waals surface area contributed by atoms with Crippen LogP contribution in [0.1, 0.15) is 25.3 Å². The van der Waals surface area contributed by atoms with E-state index in [1.165, 1.54) is 12.1 Å². The van der Waals surface area contributed by atoms with Crippen molar-refractivity contribution < 1.29 is 36.6 Å². The highest BCUT2D eigenvalue weighted by Gasteiger charge is 2.49. The number of aryl methyl sites for hydroxylation is 1. The van der Waals surface area contributed by atoms with Crippen LogP contribution in [-0.2, 0) is 21.4 Å². The molecule has 1 aliphatic rings. The van der Waals surface area contributed by atoms with Crippen molar-refractivity contribution >= 4 is 32.6 Å². The van der Waals surface area contributed by atoms with E-state index in [-0.39, 0.29) is 24.3 Å². The summed E-state index contributed by atoms with van der Waals surface area (Å²) in [5.41, 5.74) is -2.16. The Kier molecular flexibility index (Phi) is 5.16. The predicted octanol–water partition coefficient (Wildman–Crippen LogP) is 2.36. The summed E-state index contributed by atoms with van der Waals surface area (Å²) in [7, 11) is -4.10. The summed E-state index contributed by atoms with van der Waals surface area (Å²) < 4.78 is 64.8. The van der Waals surface area contributed by atoms with Crippen molar-refractivity contribution in [2.75, 3.05) is 10.8 Å². The summed E-state index contributed by atoms with van der Waals surface area (Å²) in [6.45, 7) is 0.266. The van der Waals surface area contributed by atoms with Crippen LogP contribution >= 0.6 is 0 Å². The number of fused-ring (bicyclic) bond motifs is 1. The van der Waals surface area contributed by atoms with Gasteiger partial charge in [0.05, 0.1) is 5.69 Å². The Bertz CT molecular complexity index is 1070. The van der Waals surface area contributed by atoms with Crippen molar-refractivity contribution in [2.45, 2.75) is 38.0 Å². The molecule has 3 N–H and O–H groups in total. The highest BCUT2D eigenvalue weighted by atomic mass is 32.2. The maximum absolute atomic E-state index is 12.7. The van der Waals surface area contributed by atoms with Crippen molar-refractivity contribution in [3.05, 3.63) is 35.9 Å². The molecule has 1 unspecified atom stereocenters. The molecule has 29 heavy (non-hydrogen) atoms. The van der Waals surface area contributed by atoms with Crippen molar-refractivity contribution in [1.82, 2.24) is 4.72 Å². The zero-order valence-corrected chi connectivity index (χ0v) is 16.1. The van der Waals surface area contributed by atoms with Crippen LogP contribution in [0, 0.1) is 0 Å². The molecule has 0 bridgehead atoms. The lowest BCUT2D eigenvalue weighted by Gasteiger charge is -2.26. The lowest BCUT2D eigenvalue weighted by molar-refractivity contribution is -0.255. The normalized spacial score (nSPS) is 18.7. The third-order valence-corrected chi connectivity index (χ3v) is 6.22. The molecule has 0 aliphatic carbocycles. The average Bonchev–Trinajstić information content (AvgIpc) is 2.85. The Morgan fingerprint density at radius 3 is 2.45 bits per heavy atom. The zero-order valence-electron chi connectivity index (χ0n) is 15.3. The van der Waals surface area contributed by atoms with Gasteiger partial charge in [0.1, 0.15) is 12.3 Å². The first-order valence-electron chi connectivity index (χ1n) is 8.68. The number of alkyl halides is 3. The smallest absolute Gasteiger partial charge is 0.416 e. The number of benzene rings is 2. The van der Waals surface area contributed by atoms with E-state index in [9.17, 15) is 36.6 Å². The number of hydrogen-bond acceptors (Lipinski definition) is 5. The Labute approximate surface area is 164 Å². The molecule has 0 spiro atoms. The topological polar surface area (TPSA) is 107 Å². The molecule has 158 valence electrons. The van der Waals surface area contributed by atoms with Gasteiger partial charge in [-0.3, -0.25) is 4.79 Å². The number of anilines is 1. The van der Waals surface area contributed by atoms with E-state index in [2.05, 4.69) is 0 Å². The van der Waals surface area contributed by atoms with Crippen molar-refractivity contribution in [1.29, 1.82) is 0 Å². The van der Waals surface area contributed by atoms with Gasteiger partial charge in [0.2, 0.25) is 0 Å². The minimum atomic E-state index is -4.71. The van der Waals surface area contributed by atoms with Crippen LogP contribution < -0.4 is 9.03 Å². The number of rotatable bonds is 5. The van der Waals surface area contributed by atoms with Gasteiger partial charge in [-0.05, 0) is 54.7 Å². The lowest BCUT2D eigenvalue weighted by Crippen LogP contribution is -2.42. The van der Waals surface area contributed by atoms with Gasteiger partial charge < -0.3 is 10.2 Å². The van der Waals surface area contributed by atoms with Crippen LogP contribution in [-0.4, -0.2) is 42.9 Å². The van der Waals surface area contributed by atoms with Gasteiger partial charge in [0, 0.05) is 0 Å². The summed E-state index contributed by atoms with van der Waals surface area (Å²) in [6, 6.07) is 7.75. The molecular weight excluding hydrogens is 413 g/mol. The first-order valence-corrected chi connectivity index (χ1v) is 10.1. The number of carbonyl (C=O) groups excluding carboxylic acids is 1. The van der Waals surface area contributed by atoms with Gasteiger partial charge in [-0.15, -0.1) is 0 Å². The van der Waals surface area contributed by atoms with Gasteiger partial charge in [-0.1, -0.05) is 18.2 Å². The molecule has 11 heteroatoms. The average molecular weight is 432 g/mol. The van der Waals surface area contributed by atoms with Crippen molar-refractivity contribution in [3.63, 3.8) is 0 Å². The predicted molar refractivity (Wildman–Crippen MR) is 99.6 cm³/mol. The molecule has 2 aromatic rings. The number of hydrogen-bond donors (Lipinski definition) is 3. The number of amides is 1. The Morgan fingerprint density at radius 2 is 1.86 bits per heavy atom. The van der Waals surface area contributed by atoms with E-state index in [4.69, 9.17) is 0 Å². The van der Waals surface area contributed by atoms with E-state index in [0.29, 0.717) is 16.3 Å². The number of carbonyl (C=O) groups is 1. The number of aromatic hydroxyl groups is 1. The number of nitrogens with zero attached hydrogens (tertiary/aromatic N) is 1. The van der Waals surface area contributed by atoms with Gasteiger partial charge in [0.15, 0.2) is 5.60 Å². The van der Waals surface area contributed by atoms with Crippen molar-refractivity contribution in [3.8, 4) is 5.75 Å². The SMILES string of the molecule is CC(O)(CCCc1ccc2cc(O)c(N3CC(=O)NS3(=O)=O)cc2c1)C(F)(F)F. The van der Waals surface area contributed by atoms with Crippen LogP contribution in [0.15, 0.2) is 30.3 Å². The lowest BCUT2D eigenvalue weighted by atomic mass is 9.95. The Balaban J connectivity index is 1.84. The van der Waals surface area contributed by atoms with Crippen LogP contribution in [0.5, 0.6) is 5.75 Å². The Hall–Kier alpha value is -2.53. The zero-order chi connectivity index (χ0) is 21.6. The molecule has 0 saturated carbocycles. The van der Waals surface area contributed by atoms with E-state index in [1.807, 2.05) is 4.72 Å². The second-order valence-electron chi connectivity index (χ2n) is 7.18. The fourth-order valence-electron chi connectivity index (χ4n) is 3.12. The highest BCUT2D eigenvalue weighted by molar-refractivity contribution is 7.92. The third-order valence-electron chi connectivity index (χ3n) is 4.83. The summed E-state index contributed by atoms with van der Waals surface area (Å²) in [5, 5.41) is 20.8. The quantitative estimate of drug-likeness (QED) is 0.673. The summed E-state index contributed by atoms with van der Waals surface area (Å²) >= 11 is 0. The summed E-state index contributed by atoms with van der Waals surface area (Å²) in [6.07, 6.45) is -4.83. The second kappa shape index (κ2) is 7.06. The van der Waals surface area contributed by atoms with Gasteiger partial charge in [-0.25, -0.2) is 9.03 Å². The maximum atomic E-state index is 12.7. The summed E-state index contributed by atoms with van der Waals surface area (Å²) in [5.74, 6) is -1.05. The monoisotopic (exact) mass is 432 g/mol. The third kappa shape index (κ3) is 4.25. The fraction of sp³-hybridized carbons (Fsp3) is 0.389. The minimum absolute atomic E-state index is 0.0759. The molecule has 1 atom stereocenters. The molecule has 1 heterocycles. The van der Waals surface area contributed by atoms with Gasteiger partial charge >= 0.3 is 16.4 Å². The van der Waals surface area contributed by atoms with Crippen LogP contribution in [0.4, 0.5) is 18.9 Å². The molecule has 7 nitrogen and oxygen atoms in total. The number of nitrogens with one attached hydrogen (secondary N) is 1. The molecule has 0 radical (unpaired) electrons. The molecule has 1 amide bonds. The van der Waals surface area contributed by atoms with Gasteiger partial charge in [0.25, 0.3) is 5.91 Å². The molecular formula is C18H19F3N2O5S. The first-order chi connectivity index (χ1) is 13.3. The number of aliphatic hydroxyl groups is 1. The molecule has 1 aliphatic heterocycles. The van der Waals surface area contributed by atoms with E-state index in [1.54, 1.807) is 18.2 Å². The van der Waals surface area contributed by atoms with Gasteiger partial charge in [-0.2, -0.15) is 21.6 Å². The molecule has 2 aromatic carbocycles. The fourth-order valence-corrected chi connectivity index (χ4v) is 4.27. The van der Waals surface area contributed by atoms with E-state index < -0.39 is 40.9 Å². The maximum Gasteiger partial charge on any atom is 0.416 e. The second-order valence-corrected chi connectivity index (χ2v) is 8.78. The van der Waals surface area contributed by atoms with Crippen LogP contribution in [0.2, 0.25) is 0 Å². The standard InChI is InChI=1S/C18H19F3N2O5S/c1-17(26,18(19,20)21)6-2-3-11-4-5-12-9-15(24)14(8-13(12)7-11)23-10-16(25)22-29(23,27)28/h4-5,7-9,24,26H,2-3,6,10H2,1H3,(H,22,25). The van der Waals surface area contributed by atoms with Crippen LogP contribution in [0.3, 0.4) is 0 Å². The van der Waals surface area contributed by atoms with Crippen LogP contribution in [0.25, 0.3) is 10.8 Å². The highest BCUT2D eigenvalue weighted by Crippen LogP contribution is 2.36. The van der Waals surface area contributed by atoms with E-state index >= 15 is 0 Å². The number of halogens is 3. The Morgan fingerprint density at radius 1 is 1.17 bits per heavy atom. The number of phenols is 1. The van der Waals surface area contributed by atoms with E-state index in [0.717, 1.165) is 11.2 Å². The van der Waals surface area contributed by atoms with Crippen molar-refractivity contribution in [2.24, 2.45) is 0 Å². The minimum Gasteiger partial charge on any atom is -0.506 e. The molecule has 3 rings (SSSR count). The molecule has 1 saturated heterocycles.